The number of aliphatic hydroxyl groups excluding tert-OH is 1. The van der Waals surface area contributed by atoms with Crippen LogP contribution in [0.5, 0.6) is 0 Å². The maximum Gasteiger partial charge on any atom is 0.582 e. The van der Waals surface area contributed by atoms with Gasteiger partial charge in [-0.25, -0.2) is 4.79 Å². The van der Waals surface area contributed by atoms with Gasteiger partial charge in [0.1, 0.15) is 36.5 Å². The second-order valence-electron chi connectivity index (χ2n) is 4.43. The topological polar surface area (TPSA) is 117 Å². The van der Waals surface area contributed by atoms with Crippen LogP contribution >= 0.6 is 19.5 Å². The molecule has 4 atom stereocenters. The van der Waals surface area contributed by atoms with Crippen LogP contribution in [0.15, 0.2) is 11.0 Å². The van der Waals surface area contributed by atoms with Crippen LogP contribution in [0.1, 0.15) is 18.2 Å². The van der Waals surface area contributed by atoms with Crippen molar-refractivity contribution in [1.29, 1.82) is 0 Å². The number of ether oxygens (including phenoxy) is 1. The highest BCUT2D eigenvalue weighted by molar-refractivity contribution is 8.39. The summed E-state index contributed by atoms with van der Waals surface area (Å²) in [5.74, 6) is 0.161. The number of thiol groups is 1. The summed E-state index contributed by atoms with van der Waals surface area (Å²) in [6.45, 7) is 1.41. The summed E-state index contributed by atoms with van der Waals surface area (Å²) >= 11 is 3.67. The molecule has 1 aromatic heterocycles. The molecule has 0 aliphatic carbocycles. The van der Waals surface area contributed by atoms with Crippen molar-refractivity contribution in [1.82, 2.24) is 9.55 Å². The van der Waals surface area contributed by atoms with E-state index in [1.165, 1.54) is 10.8 Å². The van der Waals surface area contributed by atoms with E-state index >= 15 is 0 Å². The van der Waals surface area contributed by atoms with E-state index in [0.717, 1.165) is 0 Å². The Morgan fingerprint density at radius 3 is 3.05 bits per heavy atom. The molecule has 1 aliphatic heterocycles. The summed E-state index contributed by atoms with van der Waals surface area (Å²) in [6.07, 6.45) is -0.128. The molecule has 110 valence electrons. The lowest BCUT2D eigenvalue weighted by molar-refractivity contribution is -0.0409. The lowest BCUT2D eigenvalue weighted by Crippen LogP contribution is -2.28. The third-order valence-electron chi connectivity index (χ3n) is 3.07. The Kier molecular flexibility index (Phi) is 4.77. The van der Waals surface area contributed by atoms with Crippen molar-refractivity contribution < 1.29 is 18.9 Å². The molecule has 10 heteroatoms. The van der Waals surface area contributed by atoms with Gasteiger partial charge in [0.2, 0.25) is 0 Å². The Hall–Kier alpha value is -0.990. The van der Waals surface area contributed by atoms with Crippen molar-refractivity contribution in [3.8, 4) is 0 Å². The van der Waals surface area contributed by atoms with Gasteiger partial charge in [0, 0.05) is 18.2 Å². The Balaban J connectivity index is 2.25. The van der Waals surface area contributed by atoms with Crippen LogP contribution in [-0.4, -0.2) is 33.5 Å². The minimum atomic E-state index is -2.12. The van der Waals surface area contributed by atoms with Gasteiger partial charge in [-0.1, -0.05) is 0 Å². The fraction of sp³-hybridized carbons (Fsp3) is 0.600. The zero-order chi connectivity index (χ0) is 14.9. The smallest absolute Gasteiger partial charge is 0.394 e. The van der Waals surface area contributed by atoms with Gasteiger partial charge < -0.3 is 15.6 Å². The van der Waals surface area contributed by atoms with E-state index < -0.39 is 31.4 Å². The third kappa shape index (κ3) is 3.18. The number of hydrogen-bond acceptors (Lipinski definition) is 7. The molecule has 0 aromatic carbocycles. The number of hydrogen-bond donors (Lipinski definition) is 3. The van der Waals surface area contributed by atoms with Crippen molar-refractivity contribution in [3.63, 3.8) is 0 Å². The maximum atomic E-state index is 11.8. The monoisotopic (exact) mass is 320 g/mol. The van der Waals surface area contributed by atoms with Crippen LogP contribution < -0.4 is 11.4 Å². The lowest BCUT2D eigenvalue weighted by atomic mass is 10.2. The second-order valence-corrected chi connectivity index (χ2v) is 6.09. The molecule has 1 fully saturated rings. The molecule has 1 aliphatic rings. The van der Waals surface area contributed by atoms with Crippen LogP contribution in [0, 0.1) is 6.92 Å². The van der Waals surface area contributed by atoms with Gasteiger partial charge in [-0.15, -0.1) is 4.52 Å². The maximum absolute atomic E-state index is 11.8. The van der Waals surface area contributed by atoms with Crippen molar-refractivity contribution in [2.75, 3.05) is 12.3 Å². The highest BCUT2D eigenvalue weighted by Gasteiger charge is 2.41. The number of aliphatic hydroxyl groups is 1. The average molecular weight is 320 g/mol. The summed E-state index contributed by atoms with van der Waals surface area (Å²) in [5.41, 5.74) is 5.64. The highest BCUT2D eigenvalue weighted by Crippen LogP contribution is 2.38. The molecule has 3 N–H and O–H groups in total. The van der Waals surface area contributed by atoms with E-state index in [2.05, 4.69) is 17.2 Å². The van der Waals surface area contributed by atoms with Gasteiger partial charge in [-0.05, 0) is 11.5 Å². The molecule has 1 saturated heterocycles. The van der Waals surface area contributed by atoms with Crippen molar-refractivity contribution in [2.24, 2.45) is 0 Å². The van der Waals surface area contributed by atoms with Gasteiger partial charge >= 0.3 is 12.9 Å². The number of nitrogen functional groups attached to an aromatic ring is 1. The molecule has 0 bridgehead atoms. The molecule has 8 nitrogen and oxygen atoms in total. The molecule has 2 heterocycles. The lowest BCUT2D eigenvalue weighted by Gasteiger charge is -2.15. The second kappa shape index (κ2) is 6.19. The molecule has 0 amide bonds. The molecular weight excluding hydrogens is 305 g/mol. The van der Waals surface area contributed by atoms with E-state index in [1.807, 2.05) is 0 Å². The largest absolute Gasteiger partial charge is 0.582 e. The van der Waals surface area contributed by atoms with E-state index in [9.17, 15) is 14.5 Å². The Morgan fingerprint density at radius 2 is 2.45 bits per heavy atom. The third-order valence-corrected chi connectivity index (χ3v) is 3.80. The van der Waals surface area contributed by atoms with E-state index in [1.54, 1.807) is 6.92 Å². The van der Waals surface area contributed by atoms with Crippen LogP contribution in [0.2, 0.25) is 0 Å². The fourth-order valence-corrected chi connectivity index (χ4v) is 2.86. The Bertz CT molecular complexity index is 581. The number of rotatable bonds is 4. The fourth-order valence-electron chi connectivity index (χ4n) is 2.05. The predicted molar refractivity (Wildman–Crippen MR) is 74.7 cm³/mol. The molecule has 20 heavy (non-hydrogen) atoms. The van der Waals surface area contributed by atoms with Crippen molar-refractivity contribution in [3.05, 3.63) is 22.2 Å². The number of aromatic nitrogens is 2. The van der Waals surface area contributed by atoms with Crippen LogP contribution in [0.4, 0.5) is 5.82 Å². The predicted octanol–water partition coefficient (Wildman–Crippen LogP) is 0.386. The zero-order valence-corrected chi connectivity index (χ0v) is 12.5. The van der Waals surface area contributed by atoms with Crippen LogP contribution in [0.3, 0.4) is 0 Å². The first-order valence-electron chi connectivity index (χ1n) is 5.87. The standard InChI is InChI=1S/C10H14N3O5PS/c1-5-3-13(10(15)12-9(5)11)8-2-6(18-19(16)20)7(4-14)17-8/h3,6-8,14H,2,4H2,1H3,(H2-,11,12,15,16,20)/p+1/t6-,7?,8?/m0/s1. The molecule has 1 aromatic rings. The first kappa shape index (κ1) is 15.4. The van der Waals surface area contributed by atoms with Crippen LogP contribution in [-0.2, 0) is 13.8 Å². The van der Waals surface area contributed by atoms with Gasteiger partial charge in [-0.2, -0.15) is 4.98 Å². The van der Waals surface area contributed by atoms with E-state index in [0.29, 0.717) is 5.56 Å². The first-order valence-corrected chi connectivity index (χ1v) is 8.20. The minimum absolute atomic E-state index is 0.161. The average Bonchev–Trinajstić information content (AvgIpc) is 2.75. The number of nitrogens with two attached hydrogens (primary N) is 1. The number of nitrogens with zero attached hydrogens (tertiary/aromatic N) is 2. The van der Waals surface area contributed by atoms with Gasteiger partial charge in [0.25, 0.3) is 0 Å². The molecule has 2 rings (SSSR count). The number of anilines is 1. The summed E-state index contributed by atoms with van der Waals surface area (Å²) in [5, 5.41) is 9.23. The summed E-state index contributed by atoms with van der Waals surface area (Å²) < 4.78 is 22.9. The summed E-state index contributed by atoms with van der Waals surface area (Å²) in [6, 6.07) is 0. The molecule has 0 saturated carbocycles. The molecule has 0 radical (unpaired) electrons. The van der Waals surface area contributed by atoms with E-state index in [4.69, 9.17) is 15.0 Å². The summed E-state index contributed by atoms with van der Waals surface area (Å²) in [7, 11) is -2.12. The minimum Gasteiger partial charge on any atom is -0.394 e. The van der Waals surface area contributed by atoms with Crippen LogP contribution in [0.25, 0.3) is 0 Å². The van der Waals surface area contributed by atoms with Gasteiger partial charge in [0.15, 0.2) is 0 Å². The van der Waals surface area contributed by atoms with Gasteiger partial charge in [0.05, 0.1) is 6.61 Å². The molecular formula is C10H15N3O5PS+. The SMILES string of the molecule is Cc1cn(C2C[C@H](O[P+](=O)S)C(CO)O2)c(=O)nc1N. The van der Waals surface area contributed by atoms with Gasteiger partial charge in [-0.3, -0.25) is 4.57 Å². The zero-order valence-electron chi connectivity index (χ0n) is 10.7. The molecule has 3 unspecified atom stereocenters. The Morgan fingerprint density at radius 1 is 1.75 bits per heavy atom. The normalized spacial score (nSPS) is 26.8. The highest BCUT2D eigenvalue weighted by atomic mass is 32.7. The van der Waals surface area contributed by atoms with E-state index in [-0.39, 0.29) is 18.8 Å². The Labute approximate surface area is 120 Å². The summed E-state index contributed by atoms with van der Waals surface area (Å²) in [4.78, 5) is 15.5. The first-order chi connectivity index (χ1) is 9.42. The quantitative estimate of drug-likeness (QED) is 0.542. The number of aryl methyl sites for hydroxylation is 1. The van der Waals surface area contributed by atoms with Crippen molar-refractivity contribution >= 4 is 25.3 Å². The van der Waals surface area contributed by atoms with Crippen molar-refractivity contribution in [2.45, 2.75) is 31.8 Å². The molecule has 0 spiro atoms.